The fourth-order valence-electron chi connectivity index (χ4n) is 2.12. The van der Waals surface area contributed by atoms with Crippen molar-refractivity contribution in [2.24, 2.45) is 0 Å². The van der Waals surface area contributed by atoms with E-state index in [1.165, 1.54) is 4.57 Å². The van der Waals surface area contributed by atoms with Crippen LogP contribution in [-0.4, -0.2) is 20.2 Å². The fourth-order valence-corrected chi connectivity index (χ4v) is 2.12. The van der Waals surface area contributed by atoms with Crippen molar-refractivity contribution in [2.75, 3.05) is 0 Å². The Balaban J connectivity index is 2.60. The van der Waals surface area contributed by atoms with Crippen molar-refractivity contribution in [2.45, 2.75) is 26.4 Å². The second kappa shape index (κ2) is 5.14. The molecule has 0 bridgehead atoms. The number of aryl methyl sites for hydroxylation is 1. The van der Waals surface area contributed by atoms with Crippen LogP contribution in [0.3, 0.4) is 0 Å². The summed E-state index contributed by atoms with van der Waals surface area (Å²) in [5.41, 5.74) is 1.38. The van der Waals surface area contributed by atoms with Crippen LogP contribution in [0.1, 0.15) is 13.3 Å². The third-order valence-electron chi connectivity index (χ3n) is 3.02. The molecule has 1 heterocycles. The van der Waals surface area contributed by atoms with Gasteiger partial charge in [0.25, 0.3) is 0 Å². The molecule has 2 rings (SSSR count). The van der Waals surface area contributed by atoms with E-state index in [1.807, 2.05) is 31.2 Å². The van der Waals surface area contributed by atoms with Gasteiger partial charge in [-0.15, -0.1) is 0 Å². The van der Waals surface area contributed by atoms with Crippen LogP contribution in [0.4, 0.5) is 0 Å². The predicted molar refractivity (Wildman–Crippen MR) is 73.3 cm³/mol. The minimum Gasteiger partial charge on any atom is -0.478 e. The lowest BCUT2D eigenvalue weighted by atomic mass is 10.3. The highest BCUT2D eigenvalue weighted by atomic mass is 16.4. The molecule has 0 atom stereocenters. The van der Waals surface area contributed by atoms with Crippen molar-refractivity contribution in [1.82, 2.24) is 9.13 Å². The Kier molecular flexibility index (Phi) is 3.55. The third kappa shape index (κ3) is 2.31. The van der Waals surface area contributed by atoms with E-state index in [9.17, 15) is 9.59 Å². The van der Waals surface area contributed by atoms with Crippen molar-refractivity contribution >= 4 is 17.0 Å². The number of carbonyl (C=O) groups is 1. The number of aliphatic carboxylic acids is 1. The number of para-hydroxylation sites is 2. The first kappa shape index (κ1) is 13.1. The molecule has 1 N–H and O–H groups in total. The maximum Gasteiger partial charge on any atom is 0.332 e. The van der Waals surface area contributed by atoms with Crippen molar-refractivity contribution in [1.29, 1.82) is 0 Å². The summed E-state index contributed by atoms with van der Waals surface area (Å²) in [5.74, 6) is -1.08. The Bertz CT molecular complexity index is 694. The Morgan fingerprint density at radius 1 is 1.26 bits per heavy atom. The van der Waals surface area contributed by atoms with E-state index in [1.54, 1.807) is 4.57 Å². The molecule has 5 heteroatoms. The zero-order chi connectivity index (χ0) is 14.0. The Morgan fingerprint density at radius 2 is 1.84 bits per heavy atom. The summed E-state index contributed by atoms with van der Waals surface area (Å²) in [4.78, 5) is 23.2. The Labute approximate surface area is 110 Å². The van der Waals surface area contributed by atoms with Crippen LogP contribution in [0.25, 0.3) is 11.0 Å². The molecule has 0 unspecified atom stereocenters. The number of rotatable bonds is 5. The summed E-state index contributed by atoms with van der Waals surface area (Å²) in [5, 5.41) is 8.89. The highest BCUT2D eigenvalue weighted by Gasteiger charge is 2.14. The van der Waals surface area contributed by atoms with Gasteiger partial charge >= 0.3 is 11.7 Å². The summed E-state index contributed by atoms with van der Waals surface area (Å²) < 4.78 is 3.13. The molecule has 5 nitrogen and oxygen atoms in total. The summed E-state index contributed by atoms with van der Waals surface area (Å²) in [7, 11) is 0. The molecule has 100 valence electrons. The predicted octanol–water partition coefficient (Wildman–Crippen LogP) is 1.85. The van der Waals surface area contributed by atoms with E-state index in [0.29, 0.717) is 6.54 Å². The van der Waals surface area contributed by atoms with Crippen LogP contribution >= 0.6 is 0 Å². The van der Waals surface area contributed by atoms with Crippen LogP contribution in [-0.2, 0) is 17.9 Å². The summed E-state index contributed by atoms with van der Waals surface area (Å²) in [6.45, 7) is 6.10. The largest absolute Gasteiger partial charge is 0.478 e. The van der Waals surface area contributed by atoms with E-state index in [-0.39, 0.29) is 17.8 Å². The van der Waals surface area contributed by atoms with Gasteiger partial charge < -0.3 is 5.11 Å². The van der Waals surface area contributed by atoms with Gasteiger partial charge in [0.2, 0.25) is 0 Å². The molecule has 0 spiro atoms. The number of carboxylic acid groups (broad SMARTS) is 1. The molecular formula is C14H16N2O3. The van der Waals surface area contributed by atoms with Gasteiger partial charge in [0.05, 0.1) is 17.6 Å². The van der Waals surface area contributed by atoms with Crippen LogP contribution in [0, 0.1) is 0 Å². The second-order valence-corrected chi connectivity index (χ2v) is 4.42. The average Bonchev–Trinajstić information content (AvgIpc) is 2.65. The van der Waals surface area contributed by atoms with Crippen LogP contribution in [0.5, 0.6) is 0 Å². The molecule has 0 fully saturated rings. The second-order valence-electron chi connectivity index (χ2n) is 4.42. The van der Waals surface area contributed by atoms with Crippen LogP contribution < -0.4 is 5.69 Å². The monoisotopic (exact) mass is 260 g/mol. The lowest BCUT2D eigenvalue weighted by molar-refractivity contribution is -0.132. The summed E-state index contributed by atoms with van der Waals surface area (Å²) in [6.07, 6.45) is 0.841. The van der Waals surface area contributed by atoms with Crippen LogP contribution in [0.2, 0.25) is 0 Å². The van der Waals surface area contributed by atoms with Gasteiger partial charge in [0, 0.05) is 12.1 Å². The van der Waals surface area contributed by atoms with Gasteiger partial charge in [-0.05, 0) is 18.6 Å². The zero-order valence-corrected chi connectivity index (χ0v) is 10.8. The molecule has 0 radical (unpaired) electrons. The van der Waals surface area contributed by atoms with E-state index in [0.717, 1.165) is 17.5 Å². The molecule has 19 heavy (non-hydrogen) atoms. The third-order valence-corrected chi connectivity index (χ3v) is 3.02. The standard InChI is InChI=1S/C14H16N2O3/c1-3-8-15-11-6-4-5-7-12(11)16(14(15)19)9-10(2)13(17)18/h4-7H,2-3,8-9H2,1H3,(H,17,18). The number of imidazole rings is 1. The number of nitrogens with zero attached hydrogens (tertiary/aromatic N) is 2. The van der Waals surface area contributed by atoms with Gasteiger partial charge in [-0.1, -0.05) is 25.6 Å². The minimum atomic E-state index is -1.08. The maximum atomic E-state index is 12.3. The van der Waals surface area contributed by atoms with E-state index in [2.05, 4.69) is 6.58 Å². The summed E-state index contributed by atoms with van der Waals surface area (Å²) in [6, 6.07) is 7.38. The van der Waals surface area contributed by atoms with Crippen molar-refractivity contribution in [3.8, 4) is 0 Å². The first-order valence-electron chi connectivity index (χ1n) is 6.15. The van der Waals surface area contributed by atoms with E-state index >= 15 is 0 Å². The molecule has 1 aromatic heterocycles. The Morgan fingerprint density at radius 3 is 2.37 bits per heavy atom. The van der Waals surface area contributed by atoms with E-state index in [4.69, 9.17) is 5.11 Å². The number of hydrogen-bond acceptors (Lipinski definition) is 2. The van der Waals surface area contributed by atoms with Gasteiger partial charge in [-0.25, -0.2) is 9.59 Å². The summed E-state index contributed by atoms with van der Waals surface area (Å²) >= 11 is 0. The van der Waals surface area contributed by atoms with Crippen molar-refractivity contribution in [3.63, 3.8) is 0 Å². The quantitative estimate of drug-likeness (QED) is 0.834. The molecule has 0 aliphatic heterocycles. The normalized spacial score (nSPS) is 10.8. The topological polar surface area (TPSA) is 64.2 Å². The first-order chi connectivity index (χ1) is 9.06. The highest BCUT2D eigenvalue weighted by molar-refractivity contribution is 5.86. The fraction of sp³-hybridized carbons (Fsp3) is 0.286. The zero-order valence-electron chi connectivity index (χ0n) is 10.8. The van der Waals surface area contributed by atoms with E-state index < -0.39 is 5.97 Å². The number of carboxylic acids is 1. The van der Waals surface area contributed by atoms with Crippen molar-refractivity contribution in [3.05, 3.63) is 46.9 Å². The van der Waals surface area contributed by atoms with Gasteiger partial charge in [-0.2, -0.15) is 0 Å². The molecule has 0 saturated carbocycles. The number of aromatic nitrogens is 2. The SMILES string of the molecule is C=C(Cn1c(=O)n(CCC)c2ccccc21)C(=O)O. The minimum absolute atomic E-state index is 0.00139. The number of hydrogen-bond donors (Lipinski definition) is 1. The number of benzene rings is 1. The van der Waals surface area contributed by atoms with Gasteiger partial charge in [0.1, 0.15) is 0 Å². The average molecular weight is 260 g/mol. The molecular weight excluding hydrogens is 244 g/mol. The van der Waals surface area contributed by atoms with Gasteiger partial charge in [0.15, 0.2) is 0 Å². The Hall–Kier alpha value is -2.30. The molecule has 2 aromatic rings. The van der Waals surface area contributed by atoms with Crippen LogP contribution in [0.15, 0.2) is 41.2 Å². The van der Waals surface area contributed by atoms with Crippen molar-refractivity contribution < 1.29 is 9.90 Å². The molecule has 0 aliphatic rings. The highest BCUT2D eigenvalue weighted by Crippen LogP contribution is 2.14. The lowest BCUT2D eigenvalue weighted by Gasteiger charge is -2.02. The molecule has 0 aliphatic carbocycles. The molecule has 1 aromatic carbocycles. The lowest BCUT2D eigenvalue weighted by Crippen LogP contribution is -2.25. The molecule has 0 saturated heterocycles. The molecule has 0 amide bonds. The first-order valence-corrected chi connectivity index (χ1v) is 6.15. The van der Waals surface area contributed by atoms with Gasteiger partial charge in [-0.3, -0.25) is 9.13 Å². The maximum absolute atomic E-state index is 12.3. The number of fused-ring (bicyclic) bond motifs is 1. The smallest absolute Gasteiger partial charge is 0.332 e.